The third-order valence-electron chi connectivity index (χ3n) is 7.36. The van der Waals surface area contributed by atoms with E-state index in [0.29, 0.717) is 0 Å². The molecular formula is C31H41BrN2S4. The zero-order chi connectivity index (χ0) is 27.1. The van der Waals surface area contributed by atoms with E-state index in [1.807, 2.05) is 34.9 Å². The molecule has 0 saturated heterocycles. The Kier molecular flexibility index (Phi) is 11.9. The van der Waals surface area contributed by atoms with Gasteiger partial charge in [0.1, 0.15) is 10.1 Å². The fourth-order valence-corrected chi connectivity index (χ4v) is 9.67. The molecule has 2 aliphatic rings. The number of unbranched alkanes of at least 4 members (excludes halogenated alkanes) is 2. The van der Waals surface area contributed by atoms with Gasteiger partial charge in [0.05, 0.1) is 24.9 Å². The third-order valence-corrected chi connectivity index (χ3v) is 12.4. The summed E-state index contributed by atoms with van der Waals surface area (Å²) in [5, 5.41) is 2.35. The molecule has 2 nitrogen and oxygen atoms in total. The molecule has 4 rings (SSSR count). The zero-order valence-corrected chi connectivity index (χ0v) is 28.3. The molecule has 0 fully saturated rings. The number of hydrogen-bond acceptors (Lipinski definition) is 6. The largest absolute Gasteiger partial charge is 0.239 e. The Morgan fingerprint density at radius 1 is 0.737 bits per heavy atom. The first-order valence-electron chi connectivity index (χ1n) is 14.2. The smallest absolute Gasteiger partial charge is 0.107 e. The summed E-state index contributed by atoms with van der Waals surface area (Å²) in [5.74, 6) is 3.72. The molecule has 0 spiro atoms. The van der Waals surface area contributed by atoms with Crippen LogP contribution in [0, 0.1) is 18.8 Å². The van der Waals surface area contributed by atoms with Gasteiger partial charge in [-0.3, -0.25) is 0 Å². The van der Waals surface area contributed by atoms with Crippen molar-refractivity contribution < 1.29 is 0 Å². The molecule has 4 heterocycles. The van der Waals surface area contributed by atoms with E-state index in [1.54, 1.807) is 11.3 Å². The van der Waals surface area contributed by atoms with E-state index in [4.69, 9.17) is 9.98 Å². The van der Waals surface area contributed by atoms with Gasteiger partial charge in [0.25, 0.3) is 0 Å². The van der Waals surface area contributed by atoms with Crippen molar-refractivity contribution in [2.75, 3.05) is 11.5 Å². The molecule has 2 aliphatic heterocycles. The summed E-state index contributed by atoms with van der Waals surface area (Å²) in [6, 6.07) is 8.85. The van der Waals surface area contributed by atoms with Crippen LogP contribution in [0.3, 0.4) is 0 Å². The van der Waals surface area contributed by atoms with E-state index in [9.17, 15) is 0 Å². The molecule has 2 unspecified atom stereocenters. The monoisotopic (exact) mass is 648 g/mol. The summed E-state index contributed by atoms with van der Waals surface area (Å²) in [5.41, 5.74) is 4.82. The van der Waals surface area contributed by atoms with E-state index in [0.717, 1.165) is 38.5 Å². The van der Waals surface area contributed by atoms with Gasteiger partial charge < -0.3 is 0 Å². The van der Waals surface area contributed by atoms with Gasteiger partial charge in [-0.05, 0) is 71.8 Å². The first-order valence-corrected chi connectivity index (χ1v) is 18.6. The summed E-state index contributed by atoms with van der Waals surface area (Å²) in [4.78, 5) is 14.6. The Morgan fingerprint density at radius 2 is 1.24 bits per heavy atom. The van der Waals surface area contributed by atoms with Crippen LogP contribution in [-0.4, -0.2) is 21.6 Å². The second kappa shape index (κ2) is 14.9. The molecule has 0 aliphatic carbocycles. The topological polar surface area (TPSA) is 24.7 Å². The molecule has 0 radical (unpaired) electrons. The van der Waals surface area contributed by atoms with Gasteiger partial charge in [-0.15, -0.1) is 46.2 Å². The second-order valence-corrected chi connectivity index (χ2v) is 16.0. The van der Waals surface area contributed by atoms with E-state index in [-0.39, 0.29) is 0 Å². The van der Waals surface area contributed by atoms with E-state index >= 15 is 0 Å². The molecule has 7 heteroatoms. The summed E-state index contributed by atoms with van der Waals surface area (Å²) in [6.07, 6.45) is 10.2. The number of fused-ring (bicyclic) bond motifs is 1. The van der Waals surface area contributed by atoms with E-state index in [2.05, 4.69) is 74.8 Å². The average Bonchev–Trinajstić information content (AvgIpc) is 3.70. The standard InChI is InChI=1S/C31H41BrN2S4/c1-6-10-12-21(8-3)18-35-30-26-27(29(34-30)24-16-17-25(32)38-24)31(36-19-22(9-4)13-11-7-2)33-28(26)23-15-14-20(5)37-23/h14-17,21-22H,6-13,18-19H2,1-5H3. The summed E-state index contributed by atoms with van der Waals surface area (Å²) in [7, 11) is 0. The SMILES string of the molecule is CCCCC(CC)CSC1=NC(c2ccc(Br)s2)=C2C(SCC(CC)CCCC)=NC(c3ccc(C)s3)=C12. The van der Waals surface area contributed by atoms with E-state index < -0.39 is 0 Å². The second-order valence-electron chi connectivity index (χ2n) is 10.3. The predicted octanol–water partition coefficient (Wildman–Crippen LogP) is 11.7. The van der Waals surface area contributed by atoms with Crippen LogP contribution in [0.5, 0.6) is 0 Å². The quantitative estimate of drug-likeness (QED) is 0.203. The molecule has 0 amide bonds. The number of hydrogen-bond donors (Lipinski definition) is 0. The van der Waals surface area contributed by atoms with Crippen molar-refractivity contribution in [2.24, 2.45) is 21.8 Å². The van der Waals surface area contributed by atoms with Gasteiger partial charge >= 0.3 is 0 Å². The Balaban J connectivity index is 1.71. The fraction of sp³-hybridized carbons (Fsp3) is 0.548. The van der Waals surface area contributed by atoms with Crippen LogP contribution in [0.1, 0.15) is 93.7 Å². The number of aliphatic imine (C=N–C) groups is 2. The van der Waals surface area contributed by atoms with Gasteiger partial charge in [-0.1, -0.05) is 66.2 Å². The maximum absolute atomic E-state index is 5.38. The lowest BCUT2D eigenvalue weighted by atomic mass is 10.0. The van der Waals surface area contributed by atoms with Crippen molar-refractivity contribution in [3.63, 3.8) is 0 Å². The van der Waals surface area contributed by atoms with Crippen molar-refractivity contribution in [2.45, 2.75) is 86.0 Å². The molecule has 0 saturated carbocycles. The molecule has 206 valence electrons. The van der Waals surface area contributed by atoms with Crippen molar-refractivity contribution in [3.8, 4) is 0 Å². The number of halogens is 1. The lowest BCUT2D eigenvalue weighted by Gasteiger charge is -2.15. The predicted molar refractivity (Wildman–Crippen MR) is 181 cm³/mol. The first-order chi connectivity index (χ1) is 18.5. The van der Waals surface area contributed by atoms with Gasteiger partial charge in [-0.2, -0.15) is 0 Å². The number of rotatable bonds is 14. The fourth-order valence-electron chi connectivity index (χ4n) is 4.84. The normalized spacial score (nSPS) is 16.8. The summed E-state index contributed by atoms with van der Waals surface area (Å²) >= 11 is 11.2. The number of nitrogens with zero attached hydrogens (tertiary/aromatic N) is 2. The van der Waals surface area contributed by atoms with Gasteiger partial charge in [0.2, 0.25) is 0 Å². The van der Waals surface area contributed by atoms with Crippen LogP contribution in [0.25, 0.3) is 11.4 Å². The van der Waals surface area contributed by atoms with Gasteiger partial charge in [-0.25, -0.2) is 9.98 Å². The first kappa shape index (κ1) is 30.4. The highest BCUT2D eigenvalue weighted by atomic mass is 79.9. The van der Waals surface area contributed by atoms with E-state index in [1.165, 1.54) is 87.2 Å². The molecule has 2 aromatic rings. The number of aryl methyl sites for hydroxylation is 1. The Hall–Kier alpha value is -0.600. The van der Waals surface area contributed by atoms with Crippen molar-refractivity contribution in [1.82, 2.24) is 0 Å². The minimum Gasteiger partial charge on any atom is -0.239 e. The maximum Gasteiger partial charge on any atom is 0.107 e. The van der Waals surface area contributed by atoms with Crippen LogP contribution < -0.4 is 0 Å². The molecule has 0 bridgehead atoms. The van der Waals surface area contributed by atoms with Gasteiger partial charge in [0.15, 0.2) is 0 Å². The molecular weight excluding hydrogens is 609 g/mol. The number of thioether (sulfide) groups is 2. The van der Waals surface area contributed by atoms with Crippen molar-refractivity contribution >= 4 is 83.6 Å². The highest BCUT2D eigenvalue weighted by molar-refractivity contribution is 9.11. The summed E-state index contributed by atoms with van der Waals surface area (Å²) in [6.45, 7) is 11.5. The third kappa shape index (κ3) is 7.37. The highest BCUT2D eigenvalue weighted by Crippen LogP contribution is 2.49. The maximum atomic E-state index is 5.38. The minimum absolute atomic E-state index is 0.735. The molecule has 0 N–H and O–H groups in total. The van der Waals surface area contributed by atoms with Gasteiger partial charge in [0, 0.05) is 27.5 Å². The molecule has 38 heavy (non-hydrogen) atoms. The molecule has 0 aromatic carbocycles. The van der Waals surface area contributed by atoms with Crippen molar-refractivity contribution in [1.29, 1.82) is 0 Å². The van der Waals surface area contributed by atoms with Crippen LogP contribution in [0.4, 0.5) is 0 Å². The number of thiophene rings is 2. The van der Waals surface area contributed by atoms with Crippen LogP contribution in [0.2, 0.25) is 0 Å². The molecule has 2 atom stereocenters. The lowest BCUT2D eigenvalue weighted by molar-refractivity contribution is 0.500. The zero-order valence-electron chi connectivity index (χ0n) is 23.4. The molecule has 2 aromatic heterocycles. The van der Waals surface area contributed by atoms with Crippen LogP contribution in [0.15, 0.2) is 49.2 Å². The van der Waals surface area contributed by atoms with Crippen molar-refractivity contribution in [3.05, 3.63) is 53.8 Å². The summed E-state index contributed by atoms with van der Waals surface area (Å²) < 4.78 is 1.15. The lowest BCUT2D eigenvalue weighted by Crippen LogP contribution is -2.08. The van der Waals surface area contributed by atoms with Crippen LogP contribution in [-0.2, 0) is 0 Å². The van der Waals surface area contributed by atoms with Crippen LogP contribution >= 0.6 is 62.1 Å². The minimum atomic E-state index is 0.735. The highest BCUT2D eigenvalue weighted by Gasteiger charge is 2.37. The Labute approximate surface area is 255 Å². The average molecular weight is 650 g/mol. The Bertz CT molecular complexity index is 1120. The Morgan fingerprint density at radius 3 is 1.63 bits per heavy atom.